The molecule has 26 heavy (non-hydrogen) atoms. The average molecular weight is 354 g/mol. The van der Waals surface area contributed by atoms with Gasteiger partial charge in [-0.3, -0.25) is 4.98 Å². The number of anilines is 2. The number of hydrogen-bond donors (Lipinski definition) is 1. The van der Waals surface area contributed by atoms with Crippen LogP contribution in [-0.2, 0) is 4.74 Å². The van der Waals surface area contributed by atoms with Gasteiger partial charge in [-0.2, -0.15) is 0 Å². The Balaban J connectivity index is 2.00. The van der Waals surface area contributed by atoms with Crippen molar-refractivity contribution in [2.45, 2.75) is 6.92 Å². The van der Waals surface area contributed by atoms with Gasteiger partial charge in [-0.25, -0.2) is 9.18 Å². The maximum Gasteiger partial charge on any atom is 0.341 e. The lowest BCUT2D eigenvalue weighted by atomic mass is 10.1. The molecule has 132 valence electrons. The molecule has 0 unspecified atom stereocenters. The van der Waals surface area contributed by atoms with Gasteiger partial charge in [-0.05, 0) is 19.1 Å². The topological polar surface area (TPSA) is 69.7 Å². The highest BCUT2D eigenvalue weighted by atomic mass is 19.1. The van der Waals surface area contributed by atoms with Crippen LogP contribution in [0, 0.1) is 5.82 Å². The summed E-state index contributed by atoms with van der Waals surface area (Å²) < 4.78 is 30.3. The van der Waals surface area contributed by atoms with Crippen LogP contribution in [0.2, 0.25) is 0 Å². The third-order valence-corrected chi connectivity index (χ3v) is 4.06. The van der Waals surface area contributed by atoms with Crippen molar-refractivity contribution in [2.24, 2.45) is 0 Å². The molecule has 0 fully saturated rings. The SMILES string of the molecule is CCOC(=O)c1cnc2cc(F)cc3c2c1Nc1cc(OC)ccc1O3. The zero-order valence-electron chi connectivity index (χ0n) is 14.1. The van der Waals surface area contributed by atoms with Crippen molar-refractivity contribution in [1.82, 2.24) is 4.98 Å². The Morgan fingerprint density at radius 3 is 2.88 bits per heavy atom. The fourth-order valence-electron chi connectivity index (χ4n) is 2.90. The number of nitrogens with one attached hydrogen (secondary N) is 1. The number of rotatable bonds is 3. The van der Waals surface area contributed by atoms with Gasteiger partial charge >= 0.3 is 5.97 Å². The highest BCUT2D eigenvalue weighted by Gasteiger charge is 2.24. The first-order valence-corrected chi connectivity index (χ1v) is 8.03. The Morgan fingerprint density at radius 1 is 1.27 bits per heavy atom. The number of nitrogens with zero attached hydrogens (tertiary/aromatic N) is 1. The molecule has 6 nitrogen and oxygen atoms in total. The van der Waals surface area contributed by atoms with Crippen molar-refractivity contribution >= 4 is 28.2 Å². The maximum absolute atomic E-state index is 14.0. The van der Waals surface area contributed by atoms with E-state index in [1.54, 1.807) is 32.2 Å². The van der Waals surface area contributed by atoms with Crippen LogP contribution in [0.1, 0.15) is 17.3 Å². The standard InChI is InChI=1S/C19H15FN2O4/c1-3-25-19(23)12-9-21-14-6-10(20)7-16-17(14)18(12)22-13-8-11(24-2)4-5-15(13)26-16/h4-9,22H,3H2,1-2H3. The Morgan fingerprint density at radius 2 is 2.12 bits per heavy atom. The van der Waals surface area contributed by atoms with Gasteiger partial charge in [0.15, 0.2) is 5.75 Å². The second kappa shape index (κ2) is 6.18. The molecule has 3 aromatic rings. The van der Waals surface area contributed by atoms with Crippen molar-refractivity contribution in [3.63, 3.8) is 0 Å². The first kappa shape index (κ1) is 16.1. The monoisotopic (exact) mass is 354 g/mol. The highest BCUT2D eigenvalue weighted by Crippen LogP contribution is 2.45. The van der Waals surface area contributed by atoms with Crippen LogP contribution in [0.25, 0.3) is 10.9 Å². The Kier molecular flexibility index (Phi) is 3.84. The van der Waals surface area contributed by atoms with Gasteiger partial charge in [0.2, 0.25) is 0 Å². The fourth-order valence-corrected chi connectivity index (χ4v) is 2.90. The largest absolute Gasteiger partial charge is 0.497 e. The van der Waals surface area contributed by atoms with E-state index in [0.29, 0.717) is 33.8 Å². The molecular formula is C19H15FN2O4. The molecule has 0 saturated carbocycles. The molecule has 7 heteroatoms. The third-order valence-electron chi connectivity index (χ3n) is 4.06. The highest BCUT2D eigenvalue weighted by molar-refractivity contribution is 6.09. The maximum atomic E-state index is 14.0. The van der Waals surface area contributed by atoms with Crippen LogP contribution < -0.4 is 14.8 Å². The Bertz CT molecular complexity index is 1040. The molecule has 0 bridgehead atoms. The number of halogens is 1. The number of ether oxygens (including phenoxy) is 3. The zero-order valence-corrected chi connectivity index (χ0v) is 14.1. The molecule has 0 aliphatic carbocycles. The predicted molar refractivity (Wildman–Crippen MR) is 94.0 cm³/mol. The van der Waals surface area contributed by atoms with E-state index in [4.69, 9.17) is 14.2 Å². The van der Waals surface area contributed by atoms with Crippen molar-refractivity contribution in [1.29, 1.82) is 0 Å². The molecule has 4 rings (SSSR count). The van der Waals surface area contributed by atoms with E-state index in [1.165, 1.54) is 18.3 Å². The van der Waals surface area contributed by atoms with Crippen molar-refractivity contribution < 1.29 is 23.4 Å². The minimum Gasteiger partial charge on any atom is -0.497 e. The van der Waals surface area contributed by atoms with E-state index in [2.05, 4.69) is 10.3 Å². The Labute approximate surface area is 148 Å². The van der Waals surface area contributed by atoms with E-state index >= 15 is 0 Å². The summed E-state index contributed by atoms with van der Waals surface area (Å²) in [6.07, 6.45) is 1.37. The lowest BCUT2D eigenvalue weighted by Gasteiger charge is -2.13. The van der Waals surface area contributed by atoms with Crippen LogP contribution in [0.3, 0.4) is 0 Å². The van der Waals surface area contributed by atoms with E-state index < -0.39 is 11.8 Å². The van der Waals surface area contributed by atoms with E-state index in [0.717, 1.165) is 0 Å². The lowest BCUT2D eigenvalue weighted by molar-refractivity contribution is 0.0527. The van der Waals surface area contributed by atoms with Gasteiger partial charge in [0.25, 0.3) is 0 Å². The van der Waals surface area contributed by atoms with Crippen LogP contribution in [0.4, 0.5) is 15.8 Å². The van der Waals surface area contributed by atoms with Gasteiger partial charge in [-0.1, -0.05) is 0 Å². The Hall–Kier alpha value is -3.35. The summed E-state index contributed by atoms with van der Waals surface area (Å²) >= 11 is 0. The molecule has 1 aliphatic heterocycles. The third kappa shape index (κ3) is 2.57. The van der Waals surface area contributed by atoms with Gasteiger partial charge < -0.3 is 19.5 Å². The molecule has 2 heterocycles. The van der Waals surface area contributed by atoms with Crippen LogP contribution in [-0.4, -0.2) is 24.7 Å². The van der Waals surface area contributed by atoms with E-state index in [-0.39, 0.29) is 17.9 Å². The molecule has 1 N–H and O–H groups in total. The number of methoxy groups -OCH3 is 1. The molecular weight excluding hydrogens is 339 g/mol. The smallest absolute Gasteiger partial charge is 0.341 e. The number of benzene rings is 2. The molecule has 0 atom stereocenters. The summed E-state index contributed by atoms with van der Waals surface area (Å²) in [5.74, 6) is 0.353. The second-order valence-electron chi connectivity index (χ2n) is 5.65. The number of fused-ring (bicyclic) bond motifs is 1. The average Bonchev–Trinajstić information content (AvgIpc) is 2.78. The van der Waals surface area contributed by atoms with Crippen molar-refractivity contribution in [3.8, 4) is 17.2 Å². The second-order valence-corrected chi connectivity index (χ2v) is 5.65. The summed E-state index contributed by atoms with van der Waals surface area (Å²) in [6.45, 7) is 1.95. The summed E-state index contributed by atoms with van der Waals surface area (Å²) in [5.41, 5.74) is 1.65. The number of carbonyl (C=O) groups is 1. The number of hydrogen-bond acceptors (Lipinski definition) is 6. The number of carbonyl (C=O) groups excluding carboxylic acids is 1. The van der Waals surface area contributed by atoms with Crippen LogP contribution in [0.5, 0.6) is 17.2 Å². The van der Waals surface area contributed by atoms with Crippen LogP contribution >= 0.6 is 0 Å². The molecule has 1 aromatic heterocycles. The summed E-state index contributed by atoms with van der Waals surface area (Å²) in [6, 6.07) is 7.74. The normalized spacial score (nSPS) is 11.8. The number of esters is 1. The van der Waals surface area contributed by atoms with Gasteiger partial charge in [0.05, 0.1) is 36.0 Å². The molecule has 0 radical (unpaired) electrons. The quantitative estimate of drug-likeness (QED) is 0.550. The van der Waals surface area contributed by atoms with Gasteiger partial charge in [-0.15, -0.1) is 0 Å². The van der Waals surface area contributed by atoms with E-state index in [1.807, 2.05) is 0 Å². The molecule has 0 spiro atoms. The predicted octanol–water partition coefficient (Wildman–Crippen LogP) is 4.41. The minimum atomic E-state index is -0.522. The lowest BCUT2D eigenvalue weighted by Crippen LogP contribution is -2.09. The molecule has 0 amide bonds. The minimum absolute atomic E-state index is 0.230. The summed E-state index contributed by atoms with van der Waals surface area (Å²) in [7, 11) is 1.55. The fraction of sp³-hybridized carbons (Fsp3) is 0.158. The summed E-state index contributed by atoms with van der Waals surface area (Å²) in [5, 5.41) is 3.71. The molecule has 0 saturated heterocycles. The van der Waals surface area contributed by atoms with Crippen molar-refractivity contribution in [3.05, 3.63) is 47.9 Å². The first-order valence-electron chi connectivity index (χ1n) is 8.03. The molecule has 2 aromatic carbocycles. The number of pyridine rings is 1. The van der Waals surface area contributed by atoms with Crippen molar-refractivity contribution in [2.75, 3.05) is 19.0 Å². The van der Waals surface area contributed by atoms with Gasteiger partial charge in [0.1, 0.15) is 22.9 Å². The zero-order chi connectivity index (χ0) is 18.3. The molecule has 1 aliphatic rings. The van der Waals surface area contributed by atoms with Crippen LogP contribution in [0.15, 0.2) is 36.5 Å². The summed E-state index contributed by atoms with van der Waals surface area (Å²) in [4.78, 5) is 16.6. The number of aromatic nitrogens is 1. The van der Waals surface area contributed by atoms with E-state index in [9.17, 15) is 9.18 Å². The first-order chi connectivity index (χ1) is 12.6. The van der Waals surface area contributed by atoms with Gasteiger partial charge in [0, 0.05) is 24.4 Å².